The van der Waals surface area contributed by atoms with Gasteiger partial charge >= 0.3 is 0 Å². The Kier molecular flexibility index (Phi) is 4.73. The van der Waals surface area contributed by atoms with Gasteiger partial charge in [-0.3, -0.25) is 0 Å². The summed E-state index contributed by atoms with van der Waals surface area (Å²) in [5.74, 6) is 0.816. The molecular formula is C18H19NO2S. The zero-order valence-electron chi connectivity index (χ0n) is 12.4. The first-order valence-corrected chi connectivity index (χ1v) is 8.18. The van der Waals surface area contributed by atoms with Crippen molar-refractivity contribution in [1.29, 1.82) is 0 Å². The quantitative estimate of drug-likeness (QED) is 0.730. The number of hydrogen-bond donors (Lipinski definition) is 2. The summed E-state index contributed by atoms with van der Waals surface area (Å²) < 4.78 is 7.32. The van der Waals surface area contributed by atoms with Crippen LogP contribution in [0.1, 0.15) is 11.7 Å². The molecule has 4 heteroatoms. The van der Waals surface area contributed by atoms with E-state index in [-0.39, 0.29) is 0 Å². The summed E-state index contributed by atoms with van der Waals surface area (Å²) in [7, 11) is 1.82. The van der Waals surface area contributed by atoms with Crippen molar-refractivity contribution in [2.24, 2.45) is 0 Å². The van der Waals surface area contributed by atoms with Crippen LogP contribution in [0.3, 0.4) is 0 Å². The van der Waals surface area contributed by atoms with Gasteiger partial charge in [-0.25, -0.2) is 0 Å². The Morgan fingerprint density at radius 1 is 1.09 bits per heavy atom. The van der Waals surface area contributed by atoms with Crippen molar-refractivity contribution in [3.8, 4) is 5.75 Å². The Hall–Kier alpha value is -1.88. The fourth-order valence-corrected chi connectivity index (χ4v) is 3.38. The first-order valence-electron chi connectivity index (χ1n) is 7.30. The topological polar surface area (TPSA) is 41.5 Å². The Balaban J connectivity index is 1.94. The molecule has 114 valence electrons. The van der Waals surface area contributed by atoms with E-state index in [1.807, 2.05) is 49.5 Å². The SMILES string of the molecule is CNC[C@@H](O)[C@@H](Oc1cccc2ccsc12)c1ccccc1. The molecule has 2 atom stereocenters. The molecule has 0 spiro atoms. The number of fused-ring (bicyclic) bond motifs is 1. The van der Waals surface area contributed by atoms with Crippen LogP contribution in [0.2, 0.25) is 0 Å². The molecule has 0 unspecified atom stereocenters. The molecule has 0 saturated heterocycles. The molecule has 0 radical (unpaired) electrons. The van der Waals surface area contributed by atoms with E-state index < -0.39 is 12.2 Å². The molecule has 0 aliphatic rings. The zero-order chi connectivity index (χ0) is 15.4. The van der Waals surface area contributed by atoms with Crippen LogP contribution < -0.4 is 10.1 Å². The second-order valence-electron chi connectivity index (χ2n) is 5.17. The minimum atomic E-state index is -0.623. The van der Waals surface area contributed by atoms with Crippen molar-refractivity contribution >= 4 is 21.4 Å². The number of hydrogen-bond acceptors (Lipinski definition) is 4. The molecule has 0 aliphatic carbocycles. The van der Waals surface area contributed by atoms with Crippen LogP contribution in [0.15, 0.2) is 60.0 Å². The average Bonchev–Trinajstić information content (AvgIpc) is 3.03. The highest BCUT2D eigenvalue weighted by molar-refractivity contribution is 7.17. The minimum absolute atomic E-state index is 0.402. The number of likely N-dealkylation sites (N-methyl/N-ethyl adjacent to an activating group) is 1. The summed E-state index contributed by atoms with van der Waals surface area (Å²) in [6.07, 6.45) is -1.02. The lowest BCUT2D eigenvalue weighted by Crippen LogP contribution is -2.32. The van der Waals surface area contributed by atoms with Crippen molar-refractivity contribution in [1.82, 2.24) is 5.32 Å². The molecule has 3 nitrogen and oxygen atoms in total. The highest BCUT2D eigenvalue weighted by Crippen LogP contribution is 2.34. The van der Waals surface area contributed by atoms with Crippen LogP contribution >= 0.6 is 11.3 Å². The largest absolute Gasteiger partial charge is 0.481 e. The highest BCUT2D eigenvalue weighted by Gasteiger charge is 2.23. The predicted molar refractivity (Wildman–Crippen MR) is 91.6 cm³/mol. The molecule has 3 rings (SSSR count). The second-order valence-corrected chi connectivity index (χ2v) is 6.09. The third-order valence-electron chi connectivity index (χ3n) is 3.59. The minimum Gasteiger partial charge on any atom is -0.481 e. The van der Waals surface area contributed by atoms with E-state index in [2.05, 4.69) is 22.8 Å². The van der Waals surface area contributed by atoms with Gasteiger partial charge < -0.3 is 15.2 Å². The van der Waals surface area contributed by atoms with E-state index in [1.165, 1.54) is 0 Å². The van der Waals surface area contributed by atoms with Crippen LogP contribution in [0.25, 0.3) is 10.1 Å². The molecule has 2 aromatic carbocycles. The molecule has 0 fully saturated rings. The van der Waals surface area contributed by atoms with Gasteiger partial charge in [-0.05, 0) is 35.5 Å². The number of rotatable bonds is 6. The van der Waals surface area contributed by atoms with E-state index in [1.54, 1.807) is 11.3 Å². The van der Waals surface area contributed by atoms with Gasteiger partial charge in [-0.1, -0.05) is 42.5 Å². The third kappa shape index (κ3) is 3.14. The number of aliphatic hydroxyl groups excluding tert-OH is 1. The predicted octanol–water partition coefficient (Wildman–Crippen LogP) is 3.60. The number of benzene rings is 2. The molecule has 1 aromatic heterocycles. The maximum atomic E-state index is 10.5. The van der Waals surface area contributed by atoms with Crippen LogP contribution in [0.4, 0.5) is 0 Å². The summed E-state index contributed by atoms with van der Waals surface area (Å²) in [5.41, 5.74) is 0.971. The molecule has 3 aromatic rings. The average molecular weight is 313 g/mol. The first-order chi connectivity index (χ1) is 10.8. The van der Waals surface area contributed by atoms with Crippen LogP contribution in [0, 0.1) is 0 Å². The van der Waals surface area contributed by atoms with Gasteiger partial charge in [0.25, 0.3) is 0 Å². The molecule has 0 saturated carbocycles. The van der Waals surface area contributed by atoms with E-state index in [0.717, 1.165) is 21.4 Å². The fraction of sp³-hybridized carbons (Fsp3) is 0.222. The Morgan fingerprint density at radius 3 is 2.68 bits per heavy atom. The van der Waals surface area contributed by atoms with Gasteiger partial charge in [0.05, 0.1) is 4.70 Å². The molecule has 0 aliphatic heterocycles. The Labute approximate surface area is 134 Å². The lowest BCUT2D eigenvalue weighted by atomic mass is 10.0. The molecule has 0 amide bonds. The number of aliphatic hydroxyl groups is 1. The van der Waals surface area contributed by atoms with E-state index >= 15 is 0 Å². The van der Waals surface area contributed by atoms with Crippen molar-refractivity contribution in [2.45, 2.75) is 12.2 Å². The maximum Gasteiger partial charge on any atom is 0.151 e. The Bertz CT molecular complexity index is 726. The van der Waals surface area contributed by atoms with E-state index in [9.17, 15) is 5.11 Å². The summed E-state index contributed by atoms with van der Waals surface area (Å²) in [6, 6.07) is 17.9. The van der Waals surface area contributed by atoms with Crippen LogP contribution in [0.5, 0.6) is 5.75 Å². The van der Waals surface area contributed by atoms with Gasteiger partial charge in [0.2, 0.25) is 0 Å². The van der Waals surface area contributed by atoms with Gasteiger partial charge in [0, 0.05) is 6.54 Å². The second kappa shape index (κ2) is 6.92. The monoisotopic (exact) mass is 313 g/mol. The fourth-order valence-electron chi connectivity index (χ4n) is 2.52. The first kappa shape index (κ1) is 15.0. The Morgan fingerprint density at radius 2 is 1.91 bits per heavy atom. The maximum absolute atomic E-state index is 10.5. The smallest absolute Gasteiger partial charge is 0.151 e. The normalized spacial score (nSPS) is 13.9. The van der Waals surface area contributed by atoms with Crippen LogP contribution in [-0.4, -0.2) is 24.8 Å². The molecule has 1 heterocycles. The molecule has 2 N–H and O–H groups in total. The molecule has 22 heavy (non-hydrogen) atoms. The number of thiophene rings is 1. The summed E-state index contributed by atoms with van der Waals surface area (Å²) >= 11 is 1.65. The third-order valence-corrected chi connectivity index (χ3v) is 4.53. The number of ether oxygens (including phenoxy) is 1. The lowest BCUT2D eigenvalue weighted by molar-refractivity contribution is 0.0380. The lowest BCUT2D eigenvalue weighted by Gasteiger charge is -2.25. The van der Waals surface area contributed by atoms with Gasteiger partial charge in [0.15, 0.2) is 6.10 Å². The van der Waals surface area contributed by atoms with Gasteiger partial charge in [-0.15, -0.1) is 11.3 Å². The van der Waals surface area contributed by atoms with Crippen molar-refractivity contribution < 1.29 is 9.84 Å². The van der Waals surface area contributed by atoms with Crippen molar-refractivity contribution in [3.05, 3.63) is 65.5 Å². The molecule has 0 bridgehead atoms. The standard InChI is InChI=1S/C18H19NO2S/c1-19-12-15(20)17(13-6-3-2-4-7-13)21-16-9-5-8-14-10-11-22-18(14)16/h2-11,15,17,19-20H,12H2,1H3/t15-,17+/m1/s1. The molecular weight excluding hydrogens is 294 g/mol. The highest BCUT2D eigenvalue weighted by atomic mass is 32.1. The summed E-state index contributed by atoms with van der Waals surface area (Å²) in [5, 5.41) is 16.7. The summed E-state index contributed by atoms with van der Waals surface area (Å²) in [4.78, 5) is 0. The zero-order valence-corrected chi connectivity index (χ0v) is 13.2. The van der Waals surface area contributed by atoms with Crippen LogP contribution in [-0.2, 0) is 0 Å². The number of nitrogens with one attached hydrogen (secondary N) is 1. The summed E-state index contributed by atoms with van der Waals surface area (Å²) in [6.45, 7) is 0.472. The van der Waals surface area contributed by atoms with Crippen molar-refractivity contribution in [2.75, 3.05) is 13.6 Å². The van der Waals surface area contributed by atoms with E-state index in [4.69, 9.17) is 4.74 Å². The van der Waals surface area contributed by atoms with Gasteiger partial charge in [0.1, 0.15) is 11.9 Å². The van der Waals surface area contributed by atoms with E-state index in [0.29, 0.717) is 6.54 Å². The van der Waals surface area contributed by atoms with Crippen molar-refractivity contribution in [3.63, 3.8) is 0 Å². The van der Waals surface area contributed by atoms with Gasteiger partial charge in [-0.2, -0.15) is 0 Å².